The smallest absolute Gasteiger partial charge is 0.395 e. The molecule has 0 bridgehead atoms. The summed E-state index contributed by atoms with van der Waals surface area (Å²) in [6.45, 7) is 4.27. The molecule has 1 saturated heterocycles. The number of likely N-dealkylation sites (tertiary alicyclic amines) is 1. The summed E-state index contributed by atoms with van der Waals surface area (Å²) in [4.78, 5) is 40.8. The largest absolute Gasteiger partial charge is 0.433 e. The normalized spacial score (nSPS) is 14.3. The number of nitrogens with zero attached hydrogens (tertiary/aromatic N) is 3. The van der Waals surface area contributed by atoms with Crippen LogP contribution in [0.2, 0.25) is 0 Å². The van der Waals surface area contributed by atoms with Crippen molar-refractivity contribution in [3.8, 4) is 0 Å². The molecule has 0 spiro atoms. The van der Waals surface area contributed by atoms with Crippen LogP contribution in [0.4, 0.5) is 11.0 Å². The van der Waals surface area contributed by atoms with E-state index in [9.17, 15) is 19.7 Å². The molecule has 2 aromatic rings. The van der Waals surface area contributed by atoms with Gasteiger partial charge in [0.2, 0.25) is 5.91 Å². The first kappa shape index (κ1) is 16.1. The standard InChI is InChI=1S/C14H14N4O5S/c1-7-8(2)24-14(15-7)16-12(19)9-5-17(6-9)13(20)10-3-4-11(23-10)18(21)22/h3-4,9H,5-6H2,1-2H3,(H,15,16,19). The van der Waals surface area contributed by atoms with Gasteiger partial charge in [-0.25, -0.2) is 4.98 Å². The first-order valence-corrected chi connectivity index (χ1v) is 7.95. The van der Waals surface area contributed by atoms with Gasteiger partial charge in [-0.15, -0.1) is 11.3 Å². The maximum Gasteiger partial charge on any atom is 0.433 e. The minimum Gasteiger partial charge on any atom is -0.395 e. The monoisotopic (exact) mass is 350 g/mol. The van der Waals surface area contributed by atoms with Crippen molar-refractivity contribution in [3.63, 3.8) is 0 Å². The van der Waals surface area contributed by atoms with Crippen LogP contribution in [0.25, 0.3) is 0 Å². The highest BCUT2D eigenvalue weighted by molar-refractivity contribution is 7.15. The number of hydrogen-bond acceptors (Lipinski definition) is 7. The van der Waals surface area contributed by atoms with Crippen LogP contribution in [-0.4, -0.2) is 39.7 Å². The zero-order valence-corrected chi connectivity index (χ0v) is 13.8. The number of rotatable bonds is 4. The van der Waals surface area contributed by atoms with Crippen LogP contribution in [0.3, 0.4) is 0 Å². The molecule has 0 aliphatic carbocycles. The number of nitro groups is 1. The number of carbonyl (C=O) groups excluding carboxylic acids is 2. The van der Waals surface area contributed by atoms with Gasteiger partial charge in [0.05, 0.1) is 17.7 Å². The second-order valence-electron chi connectivity index (χ2n) is 5.45. The van der Waals surface area contributed by atoms with E-state index < -0.39 is 16.7 Å². The maximum atomic E-state index is 12.1. The van der Waals surface area contributed by atoms with Crippen molar-refractivity contribution in [1.29, 1.82) is 0 Å². The lowest BCUT2D eigenvalue weighted by Crippen LogP contribution is -2.54. The van der Waals surface area contributed by atoms with E-state index in [2.05, 4.69) is 10.3 Å². The minimum atomic E-state index is -0.707. The second-order valence-corrected chi connectivity index (χ2v) is 6.66. The van der Waals surface area contributed by atoms with Gasteiger partial charge in [0.1, 0.15) is 4.92 Å². The summed E-state index contributed by atoms with van der Waals surface area (Å²) in [5.41, 5.74) is 0.875. The van der Waals surface area contributed by atoms with E-state index in [0.717, 1.165) is 16.6 Å². The molecule has 1 fully saturated rings. The molecule has 10 heteroatoms. The lowest BCUT2D eigenvalue weighted by molar-refractivity contribution is -0.402. The van der Waals surface area contributed by atoms with Gasteiger partial charge in [-0.05, 0) is 19.9 Å². The van der Waals surface area contributed by atoms with Gasteiger partial charge < -0.3 is 14.6 Å². The van der Waals surface area contributed by atoms with Gasteiger partial charge in [-0.1, -0.05) is 0 Å². The Balaban J connectivity index is 1.55. The summed E-state index contributed by atoms with van der Waals surface area (Å²) in [5, 5.41) is 13.8. The van der Waals surface area contributed by atoms with E-state index in [0.29, 0.717) is 5.13 Å². The fourth-order valence-corrected chi connectivity index (χ4v) is 3.06. The number of aromatic nitrogens is 1. The molecule has 2 aromatic heterocycles. The SMILES string of the molecule is Cc1nc(NC(=O)C2CN(C(=O)c3ccc([N+](=O)[O-])o3)C2)sc1C. The highest BCUT2D eigenvalue weighted by Crippen LogP contribution is 2.25. The summed E-state index contributed by atoms with van der Waals surface area (Å²) in [7, 11) is 0. The Morgan fingerprint density at radius 2 is 2.12 bits per heavy atom. The van der Waals surface area contributed by atoms with Crippen LogP contribution >= 0.6 is 11.3 Å². The highest BCUT2D eigenvalue weighted by Gasteiger charge is 2.37. The van der Waals surface area contributed by atoms with Crippen LogP contribution < -0.4 is 5.32 Å². The van der Waals surface area contributed by atoms with E-state index in [4.69, 9.17) is 4.42 Å². The molecule has 0 atom stereocenters. The molecule has 0 unspecified atom stereocenters. The molecule has 3 heterocycles. The lowest BCUT2D eigenvalue weighted by atomic mass is 9.99. The van der Waals surface area contributed by atoms with Crippen LogP contribution in [0, 0.1) is 29.9 Å². The molecular formula is C14H14N4O5S. The van der Waals surface area contributed by atoms with E-state index in [1.54, 1.807) is 0 Å². The Bertz CT molecular complexity index is 801. The van der Waals surface area contributed by atoms with Gasteiger partial charge in [-0.3, -0.25) is 19.7 Å². The molecule has 9 nitrogen and oxygen atoms in total. The first-order chi connectivity index (χ1) is 11.3. The van der Waals surface area contributed by atoms with Gasteiger partial charge >= 0.3 is 5.88 Å². The third-order valence-electron chi connectivity index (χ3n) is 3.78. The number of hydrogen-bond donors (Lipinski definition) is 1. The van der Waals surface area contributed by atoms with Crippen molar-refractivity contribution < 1.29 is 18.9 Å². The Morgan fingerprint density at radius 1 is 1.42 bits per heavy atom. The molecule has 0 saturated carbocycles. The van der Waals surface area contributed by atoms with Crippen molar-refractivity contribution in [2.45, 2.75) is 13.8 Å². The van der Waals surface area contributed by atoms with Crippen molar-refractivity contribution >= 4 is 34.2 Å². The third-order valence-corrected chi connectivity index (χ3v) is 4.77. The van der Waals surface area contributed by atoms with Crippen molar-refractivity contribution in [3.05, 3.63) is 38.6 Å². The molecule has 126 valence electrons. The topological polar surface area (TPSA) is 119 Å². The Labute approximate surface area is 140 Å². The average molecular weight is 350 g/mol. The number of amides is 2. The number of carbonyl (C=O) groups is 2. The van der Waals surface area contributed by atoms with Crippen LogP contribution in [-0.2, 0) is 4.79 Å². The molecule has 1 aliphatic rings. The molecule has 2 amide bonds. The molecule has 0 radical (unpaired) electrons. The molecule has 0 aromatic carbocycles. The predicted molar refractivity (Wildman–Crippen MR) is 85.0 cm³/mol. The van der Waals surface area contributed by atoms with Gasteiger partial charge in [-0.2, -0.15) is 0 Å². The van der Waals surface area contributed by atoms with Crippen LogP contribution in [0.5, 0.6) is 0 Å². The summed E-state index contributed by atoms with van der Waals surface area (Å²) >= 11 is 1.40. The fraction of sp³-hybridized carbons (Fsp3) is 0.357. The van der Waals surface area contributed by atoms with E-state index in [1.807, 2.05) is 13.8 Å². The molecule has 1 aliphatic heterocycles. The number of nitrogens with one attached hydrogen (secondary N) is 1. The predicted octanol–water partition coefficient (Wildman–Crippen LogP) is 1.97. The van der Waals surface area contributed by atoms with Crippen LogP contribution in [0.15, 0.2) is 16.5 Å². The number of thiazole rings is 1. The quantitative estimate of drug-likeness (QED) is 0.665. The summed E-state index contributed by atoms with van der Waals surface area (Å²) in [6.07, 6.45) is 0. The molecular weight excluding hydrogens is 336 g/mol. The summed E-state index contributed by atoms with van der Waals surface area (Å²) < 4.78 is 4.87. The van der Waals surface area contributed by atoms with Crippen molar-refractivity contribution in [1.82, 2.24) is 9.88 Å². The zero-order valence-electron chi connectivity index (χ0n) is 12.9. The Morgan fingerprint density at radius 3 is 2.67 bits per heavy atom. The maximum absolute atomic E-state index is 12.1. The van der Waals surface area contributed by atoms with Crippen molar-refractivity contribution in [2.24, 2.45) is 5.92 Å². The van der Waals surface area contributed by atoms with Crippen molar-refractivity contribution in [2.75, 3.05) is 18.4 Å². The second kappa shape index (κ2) is 6.04. The molecule has 3 rings (SSSR count). The highest BCUT2D eigenvalue weighted by atomic mass is 32.1. The summed E-state index contributed by atoms with van der Waals surface area (Å²) in [5.74, 6) is -1.58. The molecule has 24 heavy (non-hydrogen) atoms. The average Bonchev–Trinajstić information content (AvgIpc) is 3.05. The Hall–Kier alpha value is -2.75. The van der Waals surface area contributed by atoms with Gasteiger partial charge in [0.15, 0.2) is 10.9 Å². The zero-order chi connectivity index (χ0) is 17.4. The van der Waals surface area contributed by atoms with E-state index >= 15 is 0 Å². The van der Waals surface area contributed by atoms with Crippen LogP contribution in [0.1, 0.15) is 21.1 Å². The fourth-order valence-electron chi connectivity index (χ4n) is 2.24. The van der Waals surface area contributed by atoms with E-state index in [-0.39, 0.29) is 30.7 Å². The lowest BCUT2D eigenvalue weighted by Gasteiger charge is -2.37. The minimum absolute atomic E-state index is 0.105. The molecule has 1 N–H and O–H groups in total. The number of furan rings is 1. The number of aryl methyl sites for hydroxylation is 2. The van der Waals surface area contributed by atoms with Gasteiger partial charge in [0, 0.05) is 18.0 Å². The van der Waals surface area contributed by atoms with Gasteiger partial charge in [0.25, 0.3) is 5.91 Å². The Kier molecular flexibility index (Phi) is 4.06. The van der Waals surface area contributed by atoms with E-state index in [1.165, 1.54) is 22.3 Å². The third kappa shape index (κ3) is 3.00. The first-order valence-electron chi connectivity index (χ1n) is 7.13. The summed E-state index contributed by atoms with van der Waals surface area (Å²) in [6, 6.07) is 2.39. The number of anilines is 1.